The highest BCUT2D eigenvalue weighted by Gasteiger charge is 2.12. The fourth-order valence-electron chi connectivity index (χ4n) is 1.19. The number of hydrogen-bond acceptors (Lipinski definition) is 4. The van der Waals surface area contributed by atoms with E-state index in [1.165, 1.54) is 18.2 Å². The van der Waals surface area contributed by atoms with Crippen molar-refractivity contribution >= 4 is 23.4 Å². The summed E-state index contributed by atoms with van der Waals surface area (Å²) in [6, 6.07) is 4.09. The maximum atomic E-state index is 11.2. The van der Waals surface area contributed by atoms with Crippen LogP contribution in [0.25, 0.3) is 0 Å². The Morgan fingerprint density at radius 2 is 2.29 bits per heavy atom. The van der Waals surface area contributed by atoms with Crippen LogP contribution < -0.4 is 10.1 Å². The van der Waals surface area contributed by atoms with Gasteiger partial charge < -0.3 is 10.1 Å². The Morgan fingerprint density at radius 3 is 2.82 bits per heavy atom. The number of ether oxygens (including phenoxy) is 1. The lowest BCUT2D eigenvalue weighted by Crippen LogP contribution is -2.28. The molecule has 0 heterocycles. The first-order chi connectivity index (χ1) is 8.04. The summed E-state index contributed by atoms with van der Waals surface area (Å²) in [6.07, 6.45) is -0.640. The zero-order valence-electron chi connectivity index (χ0n) is 9.10. The number of hydrogen-bond donors (Lipinski definition) is 1. The minimum atomic E-state index is -0.640. The Morgan fingerprint density at radius 1 is 1.59 bits per heavy atom. The number of nitro benzene ring substituents is 1. The van der Waals surface area contributed by atoms with Gasteiger partial charge in [0.25, 0.3) is 5.69 Å². The molecule has 0 aliphatic heterocycles. The maximum absolute atomic E-state index is 11.2. The first-order valence-electron chi connectivity index (χ1n) is 4.81. The molecule has 0 bridgehead atoms. The molecule has 92 valence electrons. The smallest absolute Gasteiger partial charge is 0.410 e. The first-order valence-corrected chi connectivity index (χ1v) is 5.34. The second kappa shape index (κ2) is 6.05. The van der Waals surface area contributed by atoms with Crippen molar-refractivity contribution in [2.24, 2.45) is 0 Å². The van der Waals surface area contributed by atoms with Crippen LogP contribution in [0.2, 0.25) is 0 Å². The number of benzene rings is 1. The summed E-state index contributed by atoms with van der Waals surface area (Å²) >= 11 is 5.38. The van der Waals surface area contributed by atoms with Crippen LogP contribution in [-0.4, -0.2) is 23.4 Å². The van der Waals surface area contributed by atoms with Crippen molar-refractivity contribution in [2.45, 2.75) is 6.92 Å². The number of alkyl halides is 1. The first kappa shape index (κ1) is 13.2. The minimum Gasteiger partial charge on any atom is -0.410 e. The highest BCUT2D eigenvalue weighted by molar-refractivity contribution is 6.18. The van der Waals surface area contributed by atoms with E-state index in [4.69, 9.17) is 16.3 Å². The van der Waals surface area contributed by atoms with Crippen LogP contribution in [0.4, 0.5) is 10.5 Å². The lowest BCUT2D eigenvalue weighted by atomic mass is 10.2. The van der Waals surface area contributed by atoms with Gasteiger partial charge in [0.15, 0.2) is 0 Å². The predicted octanol–water partition coefficient (Wildman–Crippen LogP) is 2.23. The summed E-state index contributed by atoms with van der Waals surface area (Å²) in [5.74, 6) is 0.536. The molecule has 1 rings (SSSR count). The number of carbonyl (C=O) groups excluding carboxylic acids is 1. The third kappa shape index (κ3) is 3.92. The van der Waals surface area contributed by atoms with Gasteiger partial charge in [0, 0.05) is 24.1 Å². The van der Waals surface area contributed by atoms with Crippen LogP contribution >= 0.6 is 11.6 Å². The summed E-state index contributed by atoms with van der Waals surface area (Å²) < 4.78 is 4.90. The van der Waals surface area contributed by atoms with E-state index in [1.54, 1.807) is 6.92 Å². The third-order valence-corrected chi connectivity index (χ3v) is 2.13. The second-order valence-corrected chi connectivity index (χ2v) is 3.59. The fourth-order valence-corrected chi connectivity index (χ4v) is 1.28. The molecule has 0 spiro atoms. The van der Waals surface area contributed by atoms with Crippen molar-refractivity contribution in [3.05, 3.63) is 33.9 Å². The lowest BCUT2D eigenvalue weighted by Gasteiger charge is -2.05. The zero-order valence-corrected chi connectivity index (χ0v) is 9.86. The number of amides is 1. The molecule has 1 aromatic rings. The summed E-state index contributed by atoms with van der Waals surface area (Å²) in [5.41, 5.74) is 0.413. The topological polar surface area (TPSA) is 81.5 Å². The van der Waals surface area contributed by atoms with E-state index in [2.05, 4.69) is 5.32 Å². The van der Waals surface area contributed by atoms with E-state index in [0.29, 0.717) is 12.1 Å². The van der Waals surface area contributed by atoms with E-state index in [0.717, 1.165) is 0 Å². The van der Waals surface area contributed by atoms with Crippen molar-refractivity contribution in [2.75, 3.05) is 12.4 Å². The van der Waals surface area contributed by atoms with Crippen LogP contribution in [0, 0.1) is 17.0 Å². The molecule has 0 saturated carbocycles. The molecule has 0 saturated heterocycles. The SMILES string of the molecule is Cc1cc(OC(=O)NCCCl)ccc1[N+](=O)[O-]. The molecule has 0 aliphatic carbocycles. The van der Waals surface area contributed by atoms with E-state index >= 15 is 0 Å². The number of rotatable bonds is 4. The monoisotopic (exact) mass is 258 g/mol. The van der Waals surface area contributed by atoms with Crippen LogP contribution in [-0.2, 0) is 0 Å². The molecule has 0 unspecified atom stereocenters. The number of carbonyl (C=O) groups is 1. The Bertz CT molecular complexity index is 436. The molecule has 0 atom stereocenters. The molecule has 0 radical (unpaired) electrons. The van der Waals surface area contributed by atoms with Gasteiger partial charge in [0.2, 0.25) is 0 Å². The molecule has 0 aromatic heterocycles. The largest absolute Gasteiger partial charge is 0.412 e. The molecule has 1 amide bonds. The van der Waals surface area contributed by atoms with Crippen molar-refractivity contribution < 1.29 is 14.5 Å². The average molecular weight is 259 g/mol. The minimum absolute atomic E-state index is 0.0153. The Kier molecular flexibility index (Phi) is 4.71. The molecule has 1 N–H and O–H groups in total. The fraction of sp³-hybridized carbons (Fsp3) is 0.300. The number of nitrogens with zero attached hydrogens (tertiary/aromatic N) is 1. The van der Waals surface area contributed by atoms with Crippen molar-refractivity contribution in [1.29, 1.82) is 0 Å². The zero-order chi connectivity index (χ0) is 12.8. The molecule has 0 fully saturated rings. The van der Waals surface area contributed by atoms with Gasteiger partial charge in [-0.3, -0.25) is 10.1 Å². The molecular weight excluding hydrogens is 248 g/mol. The highest BCUT2D eigenvalue weighted by atomic mass is 35.5. The van der Waals surface area contributed by atoms with Crippen LogP contribution in [0.1, 0.15) is 5.56 Å². The third-order valence-electron chi connectivity index (χ3n) is 1.94. The van der Waals surface area contributed by atoms with Gasteiger partial charge in [-0.1, -0.05) is 0 Å². The van der Waals surface area contributed by atoms with E-state index in [9.17, 15) is 14.9 Å². The molecule has 0 aliphatic rings. The second-order valence-electron chi connectivity index (χ2n) is 3.21. The standard InChI is InChI=1S/C10H11ClN2O4/c1-7-6-8(2-3-9(7)13(15)16)17-10(14)12-5-4-11/h2-3,6H,4-5H2,1H3,(H,12,14). The predicted molar refractivity (Wildman–Crippen MR) is 62.6 cm³/mol. The summed E-state index contributed by atoms with van der Waals surface area (Å²) in [5, 5.41) is 13.0. The van der Waals surface area contributed by atoms with Crippen LogP contribution in [0.5, 0.6) is 5.75 Å². The van der Waals surface area contributed by atoms with Crippen LogP contribution in [0.15, 0.2) is 18.2 Å². The number of halogens is 1. The van der Waals surface area contributed by atoms with Crippen LogP contribution in [0.3, 0.4) is 0 Å². The Hall–Kier alpha value is -1.82. The Balaban J connectivity index is 2.70. The van der Waals surface area contributed by atoms with Gasteiger partial charge >= 0.3 is 6.09 Å². The van der Waals surface area contributed by atoms with Gasteiger partial charge in [-0.2, -0.15) is 0 Å². The normalized spacial score (nSPS) is 9.76. The molecule has 6 nitrogen and oxygen atoms in total. The van der Waals surface area contributed by atoms with Crippen molar-refractivity contribution in [3.63, 3.8) is 0 Å². The van der Waals surface area contributed by atoms with Gasteiger partial charge in [-0.15, -0.1) is 11.6 Å². The lowest BCUT2D eigenvalue weighted by molar-refractivity contribution is -0.385. The summed E-state index contributed by atoms with van der Waals surface area (Å²) in [4.78, 5) is 21.2. The van der Waals surface area contributed by atoms with Gasteiger partial charge in [-0.05, 0) is 19.1 Å². The molecular formula is C10H11ClN2O4. The number of nitro groups is 1. The highest BCUT2D eigenvalue weighted by Crippen LogP contribution is 2.22. The summed E-state index contributed by atoms with van der Waals surface area (Å²) in [7, 11) is 0. The van der Waals surface area contributed by atoms with Gasteiger partial charge in [0.1, 0.15) is 5.75 Å². The number of nitrogens with one attached hydrogen (secondary N) is 1. The van der Waals surface area contributed by atoms with E-state index in [-0.39, 0.29) is 17.3 Å². The molecule has 1 aromatic carbocycles. The maximum Gasteiger partial charge on any atom is 0.412 e. The van der Waals surface area contributed by atoms with Crippen molar-refractivity contribution in [1.82, 2.24) is 5.32 Å². The number of aryl methyl sites for hydroxylation is 1. The molecule has 7 heteroatoms. The quantitative estimate of drug-likeness (QED) is 0.510. The van der Waals surface area contributed by atoms with Crippen molar-refractivity contribution in [3.8, 4) is 5.75 Å². The van der Waals surface area contributed by atoms with E-state index in [1.807, 2.05) is 0 Å². The van der Waals surface area contributed by atoms with Gasteiger partial charge in [0.05, 0.1) is 4.92 Å². The average Bonchev–Trinajstić information content (AvgIpc) is 2.26. The molecule has 17 heavy (non-hydrogen) atoms. The Labute approximate surface area is 103 Å². The van der Waals surface area contributed by atoms with Gasteiger partial charge in [-0.25, -0.2) is 4.79 Å². The summed E-state index contributed by atoms with van der Waals surface area (Å²) in [6.45, 7) is 1.87. The van der Waals surface area contributed by atoms with E-state index < -0.39 is 11.0 Å².